The molecule has 0 aromatic heterocycles. The van der Waals surface area contributed by atoms with Crippen LogP contribution < -0.4 is 0 Å². The largest absolute Gasteiger partial charge is 0.359 e. The number of unbranched alkanes of at least 4 members (excludes halogenated alkanes) is 4. The highest BCUT2D eigenvalue weighted by molar-refractivity contribution is 4.73. The molecule has 0 aliphatic rings. The number of ether oxygens (including phenoxy) is 2. The summed E-state index contributed by atoms with van der Waals surface area (Å²) in [6.45, 7) is 6.38. The van der Waals surface area contributed by atoms with Crippen LogP contribution in [0.5, 0.6) is 0 Å². The molecule has 0 saturated heterocycles. The average molecular weight is 214 g/mol. The zero-order valence-electron chi connectivity index (χ0n) is 10.3. The number of hydrogen-bond acceptors (Lipinski definition) is 2. The van der Waals surface area contributed by atoms with Crippen molar-refractivity contribution >= 4 is 0 Å². The molecular weight excluding hydrogens is 188 g/mol. The third kappa shape index (κ3) is 9.95. The van der Waals surface area contributed by atoms with Crippen molar-refractivity contribution in [2.24, 2.45) is 0 Å². The minimum Gasteiger partial charge on any atom is -0.359 e. The zero-order valence-corrected chi connectivity index (χ0v) is 10.3. The van der Waals surface area contributed by atoms with E-state index in [0.717, 1.165) is 12.8 Å². The van der Waals surface area contributed by atoms with Gasteiger partial charge in [0, 0.05) is 7.11 Å². The molecular formula is C13H26O2. The van der Waals surface area contributed by atoms with Gasteiger partial charge < -0.3 is 9.47 Å². The first kappa shape index (κ1) is 14.7. The smallest absolute Gasteiger partial charge is 0.146 e. The first-order valence-electron chi connectivity index (χ1n) is 6.06. The third-order valence-electron chi connectivity index (χ3n) is 2.48. The Hall–Kier alpha value is -0.340. The minimum atomic E-state index is 0.295. The normalized spacial score (nSPS) is 12.7. The lowest BCUT2D eigenvalue weighted by Gasteiger charge is -2.15. The van der Waals surface area contributed by atoms with E-state index in [-0.39, 0.29) is 0 Å². The molecule has 15 heavy (non-hydrogen) atoms. The first-order chi connectivity index (χ1) is 7.35. The Bertz CT molecular complexity index is 134. The molecule has 0 aliphatic carbocycles. The molecule has 0 aliphatic heterocycles. The van der Waals surface area contributed by atoms with Crippen molar-refractivity contribution in [2.75, 3.05) is 13.9 Å². The molecule has 0 N–H and O–H groups in total. The van der Waals surface area contributed by atoms with Gasteiger partial charge >= 0.3 is 0 Å². The second kappa shape index (κ2) is 11.7. The maximum absolute atomic E-state index is 5.54. The second-order valence-corrected chi connectivity index (χ2v) is 3.92. The summed E-state index contributed by atoms with van der Waals surface area (Å²) in [5, 5.41) is 0. The molecule has 0 unspecified atom stereocenters. The lowest BCUT2D eigenvalue weighted by Crippen LogP contribution is -2.13. The van der Waals surface area contributed by atoms with Crippen LogP contribution in [0.25, 0.3) is 0 Å². The highest BCUT2D eigenvalue weighted by atomic mass is 16.7. The summed E-state index contributed by atoms with van der Waals surface area (Å²) in [6, 6.07) is 0. The Morgan fingerprint density at radius 2 is 1.93 bits per heavy atom. The van der Waals surface area contributed by atoms with E-state index in [4.69, 9.17) is 9.47 Å². The maximum atomic E-state index is 5.54. The molecule has 0 saturated carbocycles. The predicted molar refractivity (Wildman–Crippen MR) is 64.9 cm³/mol. The summed E-state index contributed by atoms with van der Waals surface area (Å²) in [5.74, 6) is 0. The maximum Gasteiger partial charge on any atom is 0.146 e. The van der Waals surface area contributed by atoms with Gasteiger partial charge in [0.2, 0.25) is 0 Å². The van der Waals surface area contributed by atoms with Crippen LogP contribution >= 0.6 is 0 Å². The fourth-order valence-corrected chi connectivity index (χ4v) is 1.59. The van der Waals surface area contributed by atoms with Gasteiger partial charge in [-0.25, -0.2) is 0 Å². The van der Waals surface area contributed by atoms with Gasteiger partial charge in [-0.3, -0.25) is 0 Å². The molecule has 0 aromatic rings. The quantitative estimate of drug-likeness (QED) is 0.295. The third-order valence-corrected chi connectivity index (χ3v) is 2.48. The van der Waals surface area contributed by atoms with Gasteiger partial charge in [-0.15, -0.1) is 6.58 Å². The van der Waals surface area contributed by atoms with E-state index < -0.39 is 0 Å². The Morgan fingerprint density at radius 3 is 2.53 bits per heavy atom. The van der Waals surface area contributed by atoms with Gasteiger partial charge in [0.25, 0.3) is 0 Å². The molecule has 0 aromatic carbocycles. The Morgan fingerprint density at radius 1 is 1.20 bits per heavy atom. The fourth-order valence-electron chi connectivity index (χ4n) is 1.59. The van der Waals surface area contributed by atoms with Gasteiger partial charge in [-0.1, -0.05) is 45.1 Å². The summed E-state index contributed by atoms with van der Waals surface area (Å²) in [6.07, 6.45) is 10.8. The van der Waals surface area contributed by atoms with E-state index in [2.05, 4.69) is 13.5 Å². The van der Waals surface area contributed by atoms with Crippen molar-refractivity contribution in [3.8, 4) is 0 Å². The highest BCUT2D eigenvalue weighted by Crippen LogP contribution is 2.12. The standard InChI is InChI=1S/C13H26O2/c1-4-6-7-8-9-11-13(10-5-2)15-12-14-3/h5,13H,2,4,6-12H2,1,3H3/t13-/m0/s1. The molecule has 0 amide bonds. The van der Waals surface area contributed by atoms with E-state index in [0.29, 0.717) is 12.9 Å². The molecule has 1 atom stereocenters. The summed E-state index contributed by atoms with van der Waals surface area (Å²) in [7, 11) is 1.66. The Labute approximate surface area is 94.7 Å². The monoisotopic (exact) mass is 214 g/mol. The average Bonchev–Trinajstić information content (AvgIpc) is 2.25. The molecule has 0 bridgehead atoms. The van der Waals surface area contributed by atoms with Crippen molar-refractivity contribution in [1.82, 2.24) is 0 Å². The Kier molecular flexibility index (Phi) is 11.5. The lowest BCUT2D eigenvalue weighted by molar-refractivity contribution is -0.0732. The van der Waals surface area contributed by atoms with Gasteiger partial charge in [-0.05, 0) is 12.8 Å². The predicted octanol–water partition coefficient (Wildman–Crippen LogP) is 3.91. The van der Waals surface area contributed by atoms with Gasteiger partial charge in [0.05, 0.1) is 6.10 Å². The minimum absolute atomic E-state index is 0.295. The molecule has 0 spiro atoms. The van der Waals surface area contributed by atoms with Crippen LogP contribution in [0.3, 0.4) is 0 Å². The number of methoxy groups -OCH3 is 1. The van der Waals surface area contributed by atoms with Gasteiger partial charge in [-0.2, -0.15) is 0 Å². The van der Waals surface area contributed by atoms with E-state index in [1.54, 1.807) is 7.11 Å². The summed E-state index contributed by atoms with van der Waals surface area (Å²) >= 11 is 0. The molecule has 2 heteroatoms. The van der Waals surface area contributed by atoms with E-state index in [9.17, 15) is 0 Å². The van der Waals surface area contributed by atoms with Crippen LogP contribution in [0.15, 0.2) is 12.7 Å². The van der Waals surface area contributed by atoms with E-state index >= 15 is 0 Å². The van der Waals surface area contributed by atoms with Crippen molar-refractivity contribution in [2.45, 2.75) is 58.0 Å². The Balaban J connectivity index is 3.42. The SMILES string of the molecule is C=CC[C@@H](CCCCCCC)OCOC. The highest BCUT2D eigenvalue weighted by Gasteiger charge is 2.06. The lowest BCUT2D eigenvalue weighted by atomic mass is 10.1. The molecule has 0 rings (SSSR count). The first-order valence-corrected chi connectivity index (χ1v) is 6.06. The van der Waals surface area contributed by atoms with Crippen molar-refractivity contribution in [1.29, 1.82) is 0 Å². The topological polar surface area (TPSA) is 18.5 Å². The molecule has 0 fully saturated rings. The van der Waals surface area contributed by atoms with Crippen LogP contribution in [0.2, 0.25) is 0 Å². The van der Waals surface area contributed by atoms with Crippen LogP contribution in [0, 0.1) is 0 Å². The summed E-state index contributed by atoms with van der Waals surface area (Å²) in [4.78, 5) is 0. The van der Waals surface area contributed by atoms with Crippen LogP contribution in [-0.2, 0) is 9.47 Å². The van der Waals surface area contributed by atoms with E-state index in [1.165, 1.54) is 32.1 Å². The van der Waals surface area contributed by atoms with Crippen LogP contribution in [0.1, 0.15) is 51.9 Å². The number of hydrogen-bond donors (Lipinski definition) is 0. The molecule has 2 nitrogen and oxygen atoms in total. The number of rotatable bonds is 11. The van der Waals surface area contributed by atoms with Crippen LogP contribution in [-0.4, -0.2) is 20.0 Å². The van der Waals surface area contributed by atoms with Crippen molar-refractivity contribution in [3.63, 3.8) is 0 Å². The van der Waals surface area contributed by atoms with Gasteiger partial charge in [0.15, 0.2) is 0 Å². The fraction of sp³-hybridized carbons (Fsp3) is 0.846. The molecule has 0 heterocycles. The van der Waals surface area contributed by atoms with Crippen molar-refractivity contribution < 1.29 is 9.47 Å². The van der Waals surface area contributed by atoms with Crippen molar-refractivity contribution in [3.05, 3.63) is 12.7 Å². The van der Waals surface area contributed by atoms with E-state index in [1.807, 2.05) is 6.08 Å². The summed E-state index contributed by atoms with van der Waals surface area (Å²) in [5.41, 5.74) is 0. The second-order valence-electron chi connectivity index (χ2n) is 3.92. The summed E-state index contributed by atoms with van der Waals surface area (Å²) < 4.78 is 10.5. The van der Waals surface area contributed by atoms with Gasteiger partial charge in [0.1, 0.15) is 6.79 Å². The van der Waals surface area contributed by atoms with Crippen LogP contribution in [0.4, 0.5) is 0 Å². The molecule has 0 radical (unpaired) electrons. The zero-order chi connectivity index (χ0) is 11.4. The molecule has 90 valence electrons.